The minimum Gasteiger partial charge on any atom is -0.325 e. The van der Waals surface area contributed by atoms with E-state index in [1.165, 1.54) is 9.99 Å². The second-order valence-electron chi connectivity index (χ2n) is 6.21. The van der Waals surface area contributed by atoms with Gasteiger partial charge in [-0.15, -0.1) is 0 Å². The summed E-state index contributed by atoms with van der Waals surface area (Å²) in [6.45, 7) is 6.91. The number of hydrogen-bond acceptors (Lipinski definition) is 3. The highest BCUT2D eigenvalue weighted by molar-refractivity contribution is 14.1. The highest BCUT2D eigenvalue weighted by atomic mass is 127. The van der Waals surface area contributed by atoms with Gasteiger partial charge in [0.25, 0.3) is 0 Å². The average Bonchev–Trinajstić information content (AvgIpc) is 2.89. The quantitative estimate of drug-likeness (QED) is 0.766. The molecule has 2 saturated heterocycles. The minimum absolute atomic E-state index is 0.101. The Morgan fingerprint density at radius 1 is 1.43 bits per heavy atom. The van der Waals surface area contributed by atoms with Crippen LogP contribution in [0.5, 0.6) is 0 Å². The third kappa shape index (κ3) is 3.76. The third-order valence-corrected chi connectivity index (χ3v) is 5.29. The van der Waals surface area contributed by atoms with Crippen LogP contribution in [0, 0.1) is 22.3 Å². The molecular weight excluding hydrogens is 377 g/mol. The molecule has 2 fully saturated rings. The molecular formula is C16H22IN3O. The third-order valence-electron chi connectivity index (χ3n) is 4.62. The molecule has 114 valence electrons. The Morgan fingerprint density at radius 2 is 2.24 bits per heavy atom. The van der Waals surface area contributed by atoms with E-state index >= 15 is 0 Å². The number of carbonyl (C=O) groups excluding carboxylic acids is 1. The summed E-state index contributed by atoms with van der Waals surface area (Å²) in [7, 11) is 0. The minimum atomic E-state index is 0.101. The highest BCUT2D eigenvalue weighted by Crippen LogP contribution is 2.26. The van der Waals surface area contributed by atoms with E-state index in [1.807, 2.05) is 19.1 Å². The molecule has 4 nitrogen and oxygen atoms in total. The summed E-state index contributed by atoms with van der Waals surface area (Å²) in [5, 5.41) is 6.51. The van der Waals surface area contributed by atoms with Crippen molar-refractivity contribution in [3.63, 3.8) is 0 Å². The molecule has 0 radical (unpaired) electrons. The van der Waals surface area contributed by atoms with Gasteiger partial charge in [0.2, 0.25) is 5.91 Å². The van der Waals surface area contributed by atoms with Crippen LogP contribution in [-0.4, -0.2) is 43.5 Å². The van der Waals surface area contributed by atoms with Crippen LogP contribution >= 0.6 is 22.6 Å². The van der Waals surface area contributed by atoms with Crippen LogP contribution in [0.4, 0.5) is 5.69 Å². The smallest absolute Gasteiger partial charge is 0.238 e. The van der Waals surface area contributed by atoms with E-state index in [0.717, 1.165) is 49.3 Å². The number of likely N-dealkylation sites (tertiary alicyclic amines) is 1. The van der Waals surface area contributed by atoms with E-state index in [4.69, 9.17) is 0 Å². The number of aryl methyl sites for hydroxylation is 1. The van der Waals surface area contributed by atoms with Crippen molar-refractivity contribution >= 4 is 34.2 Å². The molecule has 2 aliphatic rings. The summed E-state index contributed by atoms with van der Waals surface area (Å²) < 4.78 is 1.19. The molecule has 0 aliphatic carbocycles. The van der Waals surface area contributed by atoms with Gasteiger partial charge in [0.1, 0.15) is 0 Å². The summed E-state index contributed by atoms with van der Waals surface area (Å²) >= 11 is 2.29. The number of nitrogens with one attached hydrogen (secondary N) is 2. The van der Waals surface area contributed by atoms with Crippen LogP contribution in [0.15, 0.2) is 18.2 Å². The number of halogens is 1. The van der Waals surface area contributed by atoms with Crippen molar-refractivity contribution in [3.8, 4) is 0 Å². The Morgan fingerprint density at radius 3 is 3.05 bits per heavy atom. The average molecular weight is 399 g/mol. The SMILES string of the molecule is Cc1cc(I)ccc1NC(=O)CN1CCC2CNCC2C1. The fraction of sp³-hybridized carbons (Fsp3) is 0.562. The lowest BCUT2D eigenvalue weighted by Gasteiger charge is -2.33. The number of nitrogens with zero attached hydrogens (tertiary/aromatic N) is 1. The highest BCUT2D eigenvalue weighted by Gasteiger charge is 2.33. The second kappa shape index (κ2) is 6.62. The van der Waals surface area contributed by atoms with Crippen molar-refractivity contribution in [2.24, 2.45) is 11.8 Å². The summed E-state index contributed by atoms with van der Waals surface area (Å²) in [4.78, 5) is 14.5. The zero-order valence-electron chi connectivity index (χ0n) is 12.4. The molecule has 0 spiro atoms. The first-order valence-corrected chi connectivity index (χ1v) is 8.69. The molecule has 2 N–H and O–H groups in total. The Balaban J connectivity index is 1.54. The van der Waals surface area contributed by atoms with E-state index < -0.39 is 0 Å². The zero-order chi connectivity index (χ0) is 14.8. The molecule has 1 aromatic carbocycles. The Hall–Kier alpha value is -0.660. The molecule has 2 atom stereocenters. The normalized spacial score (nSPS) is 25.6. The lowest BCUT2D eigenvalue weighted by Crippen LogP contribution is -2.43. The number of anilines is 1. The van der Waals surface area contributed by atoms with E-state index in [2.05, 4.69) is 44.2 Å². The fourth-order valence-corrected chi connectivity index (χ4v) is 4.06. The summed E-state index contributed by atoms with van der Waals surface area (Å²) in [5.74, 6) is 1.65. The molecule has 0 saturated carbocycles. The van der Waals surface area contributed by atoms with Crippen molar-refractivity contribution in [1.29, 1.82) is 0 Å². The molecule has 21 heavy (non-hydrogen) atoms. The first-order chi connectivity index (χ1) is 10.1. The number of piperidine rings is 1. The maximum absolute atomic E-state index is 12.2. The van der Waals surface area contributed by atoms with Crippen LogP contribution in [0.3, 0.4) is 0 Å². The van der Waals surface area contributed by atoms with Gasteiger partial charge < -0.3 is 10.6 Å². The molecule has 0 bridgehead atoms. The van der Waals surface area contributed by atoms with Crippen LogP contribution < -0.4 is 10.6 Å². The maximum atomic E-state index is 12.2. The topological polar surface area (TPSA) is 44.4 Å². The molecule has 2 aliphatic heterocycles. The summed E-state index contributed by atoms with van der Waals surface area (Å²) in [5.41, 5.74) is 2.05. The number of rotatable bonds is 3. The molecule has 3 rings (SSSR count). The second-order valence-corrected chi connectivity index (χ2v) is 7.46. The molecule has 2 unspecified atom stereocenters. The van der Waals surface area contributed by atoms with E-state index in [9.17, 15) is 4.79 Å². The van der Waals surface area contributed by atoms with Crippen LogP contribution in [-0.2, 0) is 4.79 Å². The van der Waals surface area contributed by atoms with Gasteiger partial charge in [-0.2, -0.15) is 0 Å². The van der Waals surface area contributed by atoms with Crippen molar-refractivity contribution in [2.45, 2.75) is 13.3 Å². The van der Waals surface area contributed by atoms with Crippen molar-refractivity contribution < 1.29 is 4.79 Å². The number of fused-ring (bicyclic) bond motifs is 1. The van der Waals surface area contributed by atoms with Gasteiger partial charge in [-0.05, 0) is 91.2 Å². The van der Waals surface area contributed by atoms with E-state index in [0.29, 0.717) is 6.54 Å². The first-order valence-electron chi connectivity index (χ1n) is 7.61. The Bertz CT molecular complexity index is 534. The first kappa shape index (κ1) is 15.2. The van der Waals surface area contributed by atoms with Gasteiger partial charge in [-0.25, -0.2) is 0 Å². The molecule has 5 heteroatoms. The van der Waals surface area contributed by atoms with Gasteiger partial charge in [0.15, 0.2) is 0 Å². The Labute approximate surface area is 139 Å². The molecule has 1 amide bonds. The van der Waals surface area contributed by atoms with E-state index in [-0.39, 0.29) is 5.91 Å². The lowest BCUT2D eigenvalue weighted by atomic mass is 9.89. The van der Waals surface area contributed by atoms with Crippen LogP contribution in [0.2, 0.25) is 0 Å². The largest absolute Gasteiger partial charge is 0.325 e. The van der Waals surface area contributed by atoms with Gasteiger partial charge in [0, 0.05) is 15.8 Å². The van der Waals surface area contributed by atoms with Gasteiger partial charge in [-0.3, -0.25) is 9.69 Å². The summed E-state index contributed by atoms with van der Waals surface area (Å²) in [6, 6.07) is 6.10. The van der Waals surface area contributed by atoms with Crippen LogP contribution in [0.1, 0.15) is 12.0 Å². The zero-order valence-corrected chi connectivity index (χ0v) is 14.5. The fourth-order valence-electron chi connectivity index (χ4n) is 3.41. The number of benzene rings is 1. The van der Waals surface area contributed by atoms with Gasteiger partial charge in [0.05, 0.1) is 6.54 Å². The molecule has 0 aromatic heterocycles. The van der Waals surface area contributed by atoms with Gasteiger partial charge >= 0.3 is 0 Å². The lowest BCUT2D eigenvalue weighted by molar-refractivity contribution is -0.117. The number of amides is 1. The van der Waals surface area contributed by atoms with Crippen molar-refractivity contribution in [1.82, 2.24) is 10.2 Å². The standard InChI is InChI=1S/C16H22IN3O/c1-11-6-14(17)2-3-15(11)19-16(21)10-20-5-4-12-7-18-8-13(12)9-20/h2-3,6,12-13,18H,4-5,7-10H2,1H3,(H,19,21). The Kier molecular flexibility index (Phi) is 4.81. The summed E-state index contributed by atoms with van der Waals surface area (Å²) in [6.07, 6.45) is 1.22. The molecule has 2 heterocycles. The van der Waals surface area contributed by atoms with Crippen molar-refractivity contribution in [2.75, 3.05) is 38.0 Å². The predicted molar refractivity (Wildman–Crippen MR) is 93.4 cm³/mol. The molecule has 1 aromatic rings. The van der Waals surface area contributed by atoms with Gasteiger partial charge in [-0.1, -0.05) is 0 Å². The number of hydrogen-bond donors (Lipinski definition) is 2. The predicted octanol–water partition coefficient (Wildman–Crippen LogP) is 2.08. The number of carbonyl (C=O) groups is 1. The van der Waals surface area contributed by atoms with Crippen molar-refractivity contribution in [3.05, 3.63) is 27.3 Å². The van der Waals surface area contributed by atoms with Crippen LogP contribution in [0.25, 0.3) is 0 Å². The van der Waals surface area contributed by atoms with E-state index in [1.54, 1.807) is 0 Å². The monoisotopic (exact) mass is 399 g/mol. The maximum Gasteiger partial charge on any atom is 0.238 e.